The normalized spacial score (nSPS) is 17.9. The van der Waals surface area contributed by atoms with Crippen LogP contribution in [-0.4, -0.2) is 43.4 Å². The number of rotatable bonds is 5. The van der Waals surface area contributed by atoms with Gasteiger partial charge in [-0.05, 0) is 18.2 Å². The van der Waals surface area contributed by atoms with Gasteiger partial charge < -0.3 is 9.15 Å². The number of halogens is 2. The number of carbonyl (C=O) groups is 1. The molecule has 4 rings (SSSR count). The lowest BCUT2D eigenvalue weighted by molar-refractivity contribution is -0.127. The van der Waals surface area contributed by atoms with E-state index in [2.05, 4.69) is 9.71 Å². The number of ether oxygens (including phenoxy) is 1. The summed E-state index contributed by atoms with van der Waals surface area (Å²) >= 11 is 12.1. The Morgan fingerprint density at radius 3 is 2.62 bits per heavy atom. The number of para-hydroxylation sites is 1. The van der Waals surface area contributed by atoms with Crippen molar-refractivity contribution in [3.8, 4) is 5.75 Å². The van der Waals surface area contributed by atoms with E-state index in [9.17, 15) is 18.4 Å². The molecule has 0 bridgehead atoms. The Morgan fingerprint density at radius 2 is 2.00 bits per heavy atom. The van der Waals surface area contributed by atoms with E-state index in [1.165, 1.54) is 25.6 Å². The Hall–Kier alpha value is -2.63. The summed E-state index contributed by atoms with van der Waals surface area (Å²) in [6.45, 7) is 0. The number of methoxy groups -OCH3 is 1. The molecule has 12 heteroatoms. The van der Waals surface area contributed by atoms with Gasteiger partial charge in [-0.15, -0.1) is 0 Å². The van der Waals surface area contributed by atoms with Crippen LogP contribution < -0.4 is 25.2 Å². The second-order valence-corrected chi connectivity index (χ2v) is 9.75. The Morgan fingerprint density at radius 1 is 1.31 bits per heavy atom. The van der Waals surface area contributed by atoms with Crippen LogP contribution in [0.1, 0.15) is 6.42 Å². The average Bonchev–Trinajstić information content (AvgIpc) is 3.09. The third kappa shape index (κ3) is 3.84. The zero-order valence-corrected chi connectivity index (χ0v) is 19.1. The van der Waals surface area contributed by atoms with Crippen molar-refractivity contribution in [2.45, 2.75) is 12.0 Å². The predicted molar refractivity (Wildman–Crippen MR) is 120 cm³/mol. The second kappa shape index (κ2) is 8.05. The number of amides is 1. The topological polar surface area (TPSA) is 122 Å². The summed E-state index contributed by atoms with van der Waals surface area (Å²) < 4.78 is 38.0. The first-order valence-electron chi connectivity index (χ1n) is 9.16. The zero-order valence-electron chi connectivity index (χ0n) is 16.8. The molecule has 0 saturated heterocycles. The van der Waals surface area contributed by atoms with Gasteiger partial charge in [0.25, 0.3) is 5.91 Å². The number of pyridine rings is 1. The maximum Gasteiger partial charge on any atom is 0.276 e. The van der Waals surface area contributed by atoms with Crippen molar-refractivity contribution in [2.75, 3.05) is 18.4 Å². The number of nitrogens with one attached hydrogen (secondary N) is 1. The van der Waals surface area contributed by atoms with Crippen LogP contribution in [0.5, 0.6) is 5.75 Å². The van der Waals surface area contributed by atoms with Crippen molar-refractivity contribution >= 4 is 67.9 Å². The van der Waals surface area contributed by atoms with Crippen LogP contribution in [0, 0.1) is 0 Å². The molecular weight excluding hydrogens is 481 g/mol. The summed E-state index contributed by atoms with van der Waals surface area (Å²) in [4.78, 5) is 17.3. The molecule has 32 heavy (non-hydrogen) atoms. The lowest BCUT2D eigenvalue weighted by Crippen LogP contribution is -2.60. The Bertz CT molecular complexity index is 1450. The zero-order chi connectivity index (χ0) is 23.3. The number of carbonyl (C=O) groups excluding carboxylic acids is 1. The molecule has 1 amide bonds. The van der Waals surface area contributed by atoms with Crippen LogP contribution >= 0.6 is 23.2 Å². The molecule has 2 aromatic heterocycles. The van der Waals surface area contributed by atoms with Crippen LogP contribution in [0.15, 0.2) is 35.0 Å². The Kier molecular flexibility index (Phi) is 5.68. The van der Waals surface area contributed by atoms with E-state index >= 15 is 0 Å². The van der Waals surface area contributed by atoms with Crippen molar-refractivity contribution in [1.82, 2.24) is 9.71 Å². The van der Waals surface area contributed by atoms with E-state index < -0.39 is 21.5 Å². The van der Waals surface area contributed by atoms with Crippen LogP contribution in [0.25, 0.3) is 23.1 Å². The molecule has 1 aromatic carbocycles. The van der Waals surface area contributed by atoms with Crippen molar-refractivity contribution in [3.63, 3.8) is 0 Å². The van der Waals surface area contributed by atoms with E-state index in [4.69, 9.17) is 32.4 Å². The smallest absolute Gasteiger partial charge is 0.276 e. The SMILES string of the molecule is COc1cccc2c3c(oc12)=CCC(NS(C)(=O)=O)(C(=O)N(O)c1c(Cl)cncc1Cl)C=3. The number of nitrogens with zero attached hydrogens (tertiary/aromatic N) is 2. The van der Waals surface area contributed by atoms with Gasteiger partial charge in [0.15, 0.2) is 11.3 Å². The van der Waals surface area contributed by atoms with Crippen molar-refractivity contribution in [3.05, 3.63) is 51.3 Å². The molecule has 0 aliphatic heterocycles. The average molecular weight is 498 g/mol. The quantitative estimate of drug-likeness (QED) is 0.407. The minimum atomic E-state index is -3.91. The lowest BCUT2D eigenvalue weighted by Gasteiger charge is -2.32. The minimum Gasteiger partial charge on any atom is -0.493 e. The molecule has 1 aliphatic rings. The third-order valence-corrected chi connectivity index (χ3v) is 6.24. The summed E-state index contributed by atoms with van der Waals surface area (Å²) in [6.07, 6.45) is 6.13. The summed E-state index contributed by atoms with van der Waals surface area (Å²) in [5, 5.41) is 11.8. The number of aromatic nitrogens is 1. The predicted octanol–water partition coefficient (Wildman–Crippen LogP) is 1.82. The van der Waals surface area contributed by atoms with E-state index in [1.54, 1.807) is 24.3 Å². The number of benzene rings is 1. The largest absolute Gasteiger partial charge is 0.493 e. The molecule has 0 saturated carbocycles. The van der Waals surface area contributed by atoms with Crippen molar-refractivity contribution in [2.24, 2.45) is 0 Å². The first-order chi connectivity index (χ1) is 15.1. The van der Waals surface area contributed by atoms with Gasteiger partial charge in [-0.3, -0.25) is 15.0 Å². The standard InChI is InChI=1S/C20H17Cl2N3O6S/c1-30-16-5-3-4-11-12-8-20(24-32(2,28)29,7-6-15(12)31-18(11)16)19(26)25(27)17-13(21)9-23-10-14(17)22/h3-6,8-10,24,27H,7H2,1-2H3. The van der Waals surface area contributed by atoms with Crippen LogP contribution in [0.3, 0.4) is 0 Å². The molecule has 1 aliphatic carbocycles. The van der Waals surface area contributed by atoms with Gasteiger partial charge in [-0.1, -0.05) is 35.3 Å². The first kappa shape index (κ1) is 22.6. The fourth-order valence-corrected chi connectivity index (χ4v) is 5.06. The van der Waals surface area contributed by atoms with Gasteiger partial charge in [0.2, 0.25) is 10.0 Å². The van der Waals surface area contributed by atoms with Crippen molar-refractivity contribution < 1.29 is 27.6 Å². The van der Waals surface area contributed by atoms with Gasteiger partial charge in [0.1, 0.15) is 16.6 Å². The molecule has 1 atom stereocenters. The fourth-order valence-electron chi connectivity index (χ4n) is 3.64. The molecule has 3 aromatic rings. The minimum absolute atomic E-state index is 0.0955. The highest BCUT2D eigenvalue weighted by atomic mass is 35.5. The highest BCUT2D eigenvalue weighted by Gasteiger charge is 2.44. The number of hydrogen-bond acceptors (Lipinski definition) is 7. The lowest BCUT2D eigenvalue weighted by atomic mass is 9.90. The van der Waals surface area contributed by atoms with E-state index in [1.807, 2.05) is 0 Å². The molecular formula is C20H17Cl2N3O6S. The summed E-state index contributed by atoms with van der Waals surface area (Å²) in [7, 11) is -2.41. The van der Waals surface area contributed by atoms with Crippen LogP contribution in [0.2, 0.25) is 10.0 Å². The van der Waals surface area contributed by atoms with Gasteiger partial charge in [-0.25, -0.2) is 8.42 Å². The summed E-state index contributed by atoms with van der Waals surface area (Å²) in [5.74, 6) is -0.539. The Labute approximate surface area is 192 Å². The van der Waals surface area contributed by atoms with Gasteiger partial charge in [0.05, 0.1) is 23.4 Å². The van der Waals surface area contributed by atoms with Crippen LogP contribution in [0.4, 0.5) is 5.69 Å². The van der Waals surface area contributed by atoms with Crippen molar-refractivity contribution in [1.29, 1.82) is 0 Å². The summed E-state index contributed by atoms with van der Waals surface area (Å²) in [5.41, 5.74) is -1.23. The second-order valence-electron chi connectivity index (χ2n) is 7.18. The molecule has 168 valence electrons. The molecule has 2 N–H and O–H groups in total. The molecule has 1 unspecified atom stereocenters. The molecule has 2 heterocycles. The number of anilines is 1. The number of hydroxylamine groups is 1. The first-order valence-corrected chi connectivity index (χ1v) is 11.8. The summed E-state index contributed by atoms with van der Waals surface area (Å²) in [6, 6.07) is 5.20. The monoisotopic (exact) mass is 497 g/mol. The van der Waals surface area contributed by atoms with E-state index in [-0.39, 0.29) is 27.2 Å². The maximum absolute atomic E-state index is 13.5. The number of hydrogen-bond donors (Lipinski definition) is 2. The molecule has 9 nitrogen and oxygen atoms in total. The number of sulfonamides is 1. The van der Waals surface area contributed by atoms with Gasteiger partial charge >= 0.3 is 0 Å². The highest BCUT2D eigenvalue weighted by molar-refractivity contribution is 7.88. The van der Waals surface area contributed by atoms with Crippen LogP contribution in [-0.2, 0) is 14.8 Å². The van der Waals surface area contributed by atoms with E-state index in [0.717, 1.165) is 6.26 Å². The number of fused-ring (bicyclic) bond motifs is 3. The highest BCUT2D eigenvalue weighted by Crippen LogP contribution is 2.34. The third-order valence-electron chi connectivity index (χ3n) is 4.95. The fraction of sp³-hybridized carbons (Fsp3) is 0.200. The Balaban J connectivity index is 1.94. The molecule has 0 spiro atoms. The molecule has 0 radical (unpaired) electrons. The molecule has 0 fully saturated rings. The van der Waals surface area contributed by atoms with Gasteiger partial charge in [0, 0.05) is 29.4 Å². The number of furan rings is 1. The van der Waals surface area contributed by atoms with E-state index in [0.29, 0.717) is 27.4 Å². The van der Waals surface area contributed by atoms with Gasteiger partial charge in [-0.2, -0.15) is 9.79 Å². The maximum atomic E-state index is 13.5.